The maximum Gasteiger partial charge on any atom is 0.238 e. The highest BCUT2D eigenvalue weighted by molar-refractivity contribution is 7.19. The second-order valence-corrected chi connectivity index (χ2v) is 9.03. The van der Waals surface area contributed by atoms with Crippen LogP contribution in [-0.4, -0.2) is 54.3 Å². The van der Waals surface area contributed by atoms with E-state index in [9.17, 15) is 14.0 Å². The fourth-order valence-corrected chi connectivity index (χ4v) is 5.16. The minimum atomic E-state index is -0.332. The second-order valence-electron chi connectivity index (χ2n) is 7.89. The van der Waals surface area contributed by atoms with Crippen molar-refractivity contribution < 1.29 is 14.0 Å². The van der Waals surface area contributed by atoms with Gasteiger partial charge in [0.05, 0.1) is 13.0 Å². The van der Waals surface area contributed by atoms with E-state index in [1.165, 1.54) is 27.8 Å². The number of hydrogen-bond donors (Lipinski definition) is 1. The fraction of sp³-hybridized carbons (Fsp3) is 0.333. The van der Waals surface area contributed by atoms with Crippen LogP contribution in [0.5, 0.6) is 0 Å². The van der Waals surface area contributed by atoms with Crippen molar-refractivity contribution in [2.75, 3.05) is 38.0 Å². The lowest BCUT2D eigenvalue weighted by Crippen LogP contribution is -2.38. The van der Waals surface area contributed by atoms with Crippen LogP contribution in [0.25, 0.3) is 10.1 Å². The molecule has 2 aromatic carbocycles. The van der Waals surface area contributed by atoms with E-state index in [2.05, 4.69) is 29.3 Å². The number of benzene rings is 2. The van der Waals surface area contributed by atoms with Gasteiger partial charge in [0, 0.05) is 41.4 Å². The van der Waals surface area contributed by atoms with Crippen molar-refractivity contribution in [3.8, 4) is 0 Å². The number of hydrogen-bond acceptors (Lipinski definition) is 4. The molecule has 0 saturated carbocycles. The van der Waals surface area contributed by atoms with Crippen LogP contribution in [0.15, 0.2) is 48.5 Å². The summed E-state index contributed by atoms with van der Waals surface area (Å²) < 4.78 is 14.2. The Hall–Kier alpha value is -2.77. The highest BCUT2D eigenvalue weighted by atomic mass is 32.1. The molecule has 2 heterocycles. The Balaban J connectivity index is 1.30. The van der Waals surface area contributed by atoms with Gasteiger partial charge in [0.25, 0.3) is 0 Å². The van der Waals surface area contributed by atoms with Gasteiger partial charge in [-0.05, 0) is 54.6 Å². The number of rotatable bonds is 5. The standard InChI is InChI=1S/C24H26FN3O2S/c1-17-20-5-2-3-6-21(20)31-22(17)15-24(30)28-12-4-11-27(13-14-28)16-23(29)26-19-9-7-18(25)8-10-19/h2-3,5-10H,4,11-16H2,1H3,(H,26,29). The molecule has 31 heavy (non-hydrogen) atoms. The Morgan fingerprint density at radius 2 is 1.81 bits per heavy atom. The van der Waals surface area contributed by atoms with Crippen LogP contribution in [0.3, 0.4) is 0 Å². The maximum absolute atomic E-state index is 13.0. The molecule has 0 spiro atoms. The minimum absolute atomic E-state index is 0.132. The maximum atomic E-state index is 13.0. The Morgan fingerprint density at radius 3 is 2.58 bits per heavy atom. The summed E-state index contributed by atoms with van der Waals surface area (Å²) in [7, 11) is 0. The molecule has 0 atom stereocenters. The molecule has 0 bridgehead atoms. The smallest absolute Gasteiger partial charge is 0.238 e. The molecular formula is C24H26FN3O2S. The van der Waals surface area contributed by atoms with E-state index in [-0.39, 0.29) is 24.2 Å². The van der Waals surface area contributed by atoms with E-state index in [0.29, 0.717) is 31.7 Å². The summed E-state index contributed by atoms with van der Waals surface area (Å²) in [5.74, 6) is -0.319. The summed E-state index contributed by atoms with van der Waals surface area (Å²) in [5.41, 5.74) is 1.78. The summed E-state index contributed by atoms with van der Waals surface area (Å²) in [6, 6.07) is 14.0. The average molecular weight is 440 g/mol. The first-order chi connectivity index (χ1) is 15.0. The van der Waals surface area contributed by atoms with Crippen LogP contribution in [0.2, 0.25) is 0 Å². The Kier molecular flexibility index (Phi) is 6.63. The van der Waals surface area contributed by atoms with Crippen molar-refractivity contribution in [1.82, 2.24) is 9.80 Å². The van der Waals surface area contributed by atoms with Crippen molar-refractivity contribution >= 4 is 38.9 Å². The van der Waals surface area contributed by atoms with Crippen LogP contribution in [-0.2, 0) is 16.0 Å². The molecule has 7 heteroatoms. The zero-order valence-electron chi connectivity index (χ0n) is 17.6. The third-order valence-electron chi connectivity index (χ3n) is 5.69. The summed E-state index contributed by atoms with van der Waals surface area (Å²) in [4.78, 5) is 30.4. The first-order valence-corrected chi connectivity index (χ1v) is 11.3. The quantitative estimate of drug-likeness (QED) is 0.652. The zero-order valence-corrected chi connectivity index (χ0v) is 18.4. The third-order valence-corrected chi connectivity index (χ3v) is 6.96. The van der Waals surface area contributed by atoms with Gasteiger partial charge in [0.1, 0.15) is 5.82 Å². The van der Waals surface area contributed by atoms with E-state index >= 15 is 0 Å². The molecule has 1 fully saturated rings. The predicted octanol–water partition coefficient (Wildman–Crippen LogP) is 4.06. The van der Waals surface area contributed by atoms with Gasteiger partial charge >= 0.3 is 0 Å². The SMILES string of the molecule is Cc1c(CC(=O)N2CCCN(CC(=O)Nc3ccc(F)cc3)CC2)sc2ccccc12. The lowest BCUT2D eigenvalue weighted by Gasteiger charge is -2.21. The van der Waals surface area contributed by atoms with Crippen molar-refractivity contribution in [2.45, 2.75) is 19.8 Å². The molecule has 1 aliphatic heterocycles. The van der Waals surface area contributed by atoms with Gasteiger partial charge in [-0.1, -0.05) is 18.2 Å². The van der Waals surface area contributed by atoms with Gasteiger partial charge in [-0.2, -0.15) is 0 Å². The number of amides is 2. The fourth-order valence-electron chi connectivity index (χ4n) is 3.96. The first-order valence-electron chi connectivity index (χ1n) is 10.5. The summed E-state index contributed by atoms with van der Waals surface area (Å²) in [6.07, 6.45) is 1.26. The Labute approximate surface area is 185 Å². The molecule has 5 nitrogen and oxygen atoms in total. The van der Waals surface area contributed by atoms with Gasteiger partial charge in [-0.15, -0.1) is 11.3 Å². The minimum Gasteiger partial charge on any atom is -0.341 e. The molecule has 3 aromatic rings. The topological polar surface area (TPSA) is 52.7 Å². The van der Waals surface area contributed by atoms with E-state index in [0.717, 1.165) is 17.8 Å². The van der Waals surface area contributed by atoms with Crippen molar-refractivity contribution in [3.05, 3.63) is 64.8 Å². The zero-order chi connectivity index (χ0) is 21.8. The Morgan fingerprint density at radius 1 is 1.03 bits per heavy atom. The average Bonchev–Trinajstić information content (AvgIpc) is 2.91. The van der Waals surface area contributed by atoms with Crippen LogP contribution >= 0.6 is 11.3 Å². The van der Waals surface area contributed by atoms with E-state index in [4.69, 9.17) is 0 Å². The summed E-state index contributed by atoms with van der Waals surface area (Å²) in [5, 5.41) is 4.02. The lowest BCUT2D eigenvalue weighted by molar-refractivity contribution is -0.130. The molecule has 4 rings (SSSR count). The van der Waals surface area contributed by atoms with Crippen LogP contribution < -0.4 is 5.32 Å². The monoisotopic (exact) mass is 439 g/mol. The van der Waals surface area contributed by atoms with Crippen molar-refractivity contribution in [3.63, 3.8) is 0 Å². The van der Waals surface area contributed by atoms with Crippen LogP contribution in [0.1, 0.15) is 16.9 Å². The molecule has 1 N–H and O–H groups in total. The van der Waals surface area contributed by atoms with E-state index in [1.54, 1.807) is 23.5 Å². The molecule has 1 saturated heterocycles. The van der Waals surface area contributed by atoms with Crippen molar-refractivity contribution in [2.24, 2.45) is 0 Å². The van der Waals surface area contributed by atoms with Gasteiger partial charge in [0.15, 0.2) is 0 Å². The Bertz CT molecular complexity index is 1080. The molecular weight excluding hydrogens is 413 g/mol. The molecule has 0 aliphatic carbocycles. The second kappa shape index (κ2) is 9.58. The van der Waals surface area contributed by atoms with Gasteiger partial charge in [-0.3, -0.25) is 14.5 Å². The summed E-state index contributed by atoms with van der Waals surface area (Å²) >= 11 is 1.70. The molecule has 1 aromatic heterocycles. The number of halogens is 1. The normalized spacial score (nSPS) is 15.1. The molecule has 0 unspecified atom stereocenters. The number of carbonyl (C=O) groups is 2. The summed E-state index contributed by atoms with van der Waals surface area (Å²) in [6.45, 7) is 5.10. The van der Waals surface area contributed by atoms with E-state index < -0.39 is 0 Å². The molecule has 1 aliphatic rings. The number of fused-ring (bicyclic) bond motifs is 1. The van der Waals surface area contributed by atoms with Crippen LogP contribution in [0, 0.1) is 12.7 Å². The van der Waals surface area contributed by atoms with E-state index in [1.807, 2.05) is 17.0 Å². The molecule has 0 radical (unpaired) electrons. The predicted molar refractivity (Wildman–Crippen MR) is 123 cm³/mol. The number of nitrogens with zero attached hydrogens (tertiary/aromatic N) is 2. The van der Waals surface area contributed by atoms with Gasteiger partial charge < -0.3 is 10.2 Å². The lowest BCUT2D eigenvalue weighted by atomic mass is 10.1. The number of carbonyl (C=O) groups excluding carboxylic acids is 2. The van der Waals surface area contributed by atoms with Gasteiger partial charge in [0.2, 0.25) is 11.8 Å². The largest absolute Gasteiger partial charge is 0.341 e. The molecule has 2 amide bonds. The van der Waals surface area contributed by atoms with Gasteiger partial charge in [-0.25, -0.2) is 4.39 Å². The number of nitrogens with one attached hydrogen (secondary N) is 1. The number of aryl methyl sites for hydroxylation is 1. The highest BCUT2D eigenvalue weighted by Crippen LogP contribution is 2.31. The van der Waals surface area contributed by atoms with Crippen molar-refractivity contribution in [1.29, 1.82) is 0 Å². The number of anilines is 1. The van der Waals surface area contributed by atoms with Crippen LogP contribution in [0.4, 0.5) is 10.1 Å². The number of thiophene rings is 1. The first kappa shape index (κ1) is 21.5. The highest BCUT2D eigenvalue weighted by Gasteiger charge is 2.22. The third kappa shape index (κ3) is 5.29. The molecule has 162 valence electrons.